The van der Waals surface area contributed by atoms with Crippen LogP contribution in [0.4, 0.5) is 0 Å². The summed E-state index contributed by atoms with van der Waals surface area (Å²) in [5, 5.41) is 1.49. The Balaban J connectivity index is 2.20. The zero-order valence-electron chi connectivity index (χ0n) is 13.5. The van der Waals surface area contributed by atoms with Crippen molar-refractivity contribution in [2.75, 3.05) is 6.61 Å². The van der Waals surface area contributed by atoms with Gasteiger partial charge in [-0.25, -0.2) is 9.97 Å². The SMILES string of the molecule is CCc1cn(COCC[Si](C)(C)C)c2nc(C)nc(Cl)c12. The van der Waals surface area contributed by atoms with Gasteiger partial charge < -0.3 is 9.30 Å². The fraction of sp³-hybridized carbons (Fsp3) is 0.600. The van der Waals surface area contributed by atoms with Gasteiger partial charge in [0.15, 0.2) is 0 Å². The number of ether oxygens (including phenoxy) is 1. The summed E-state index contributed by atoms with van der Waals surface area (Å²) >= 11 is 6.28. The number of aryl methyl sites for hydroxylation is 2. The highest BCUT2D eigenvalue weighted by atomic mass is 35.5. The van der Waals surface area contributed by atoms with Crippen molar-refractivity contribution in [1.82, 2.24) is 14.5 Å². The molecule has 0 amide bonds. The first-order chi connectivity index (χ1) is 9.81. The molecular weight excluding hydrogens is 302 g/mol. The van der Waals surface area contributed by atoms with Gasteiger partial charge in [-0.3, -0.25) is 0 Å². The van der Waals surface area contributed by atoms with Crippen LogP contribution < -0.4 is 0 Å². The van der Waals surface area contributed by atoms with E-state index in [-0.39, 0.29) is 0 Å². The second-order valence-electron chi connectivity index (χ2n) is 6.59. The predicted octanol–water partition coefficient (Wildman–Crippen LogP) is 4.27. The Kier molecular flexibility index (Phi) is 5.06. The van der Waals surface area contributed by atoms with Crippen molar-refractivity contribution < 1.29 is 4.74 Å². The number of nitrogens with zero attached hydrogens (tertiary/aromatic N) is 3. The lowest BCUT2D eigenvalue weighted by Gasteiger charge is -2.15. The molecule has 6 heteroatoms. The molecule has 4 nitrogen and oxygen atoms in total. The minimum atomic E-state index is -1.05. The highest BCUT2D eigenvalue weighted by molar-refractivity contribution is 6.76. The first-order valence-electron chi connectivity index (χ1n) is 7.41. The third-order valence-electron chi connectivity index (χ3n) is 3.47. The molecule has 0 unspecified atom stereocenters. The van der Waals surface area contributed by atoms with E-state index < -0.39 is 8.07 Å². The first-order valence-corrected chi connectivity index (χ1v) is 11.5. The Bertz CT molecular complexity index is 634. The lowest BCUT2D eigenvalue weighted by Crippen LogP contribution is -2.22. The molecule has 2 aromatic rings. The number of fused-ring (bicyclic) bond motifs is 1. The molecular formula is C15H24ClN3OSi. The summed E-state index contributed by atoms with van der Waals surface area (Å²) in [5.41, 5.74) is 2.04. The Morgan fingerprint density at radius 2 is 2.00 bits per heavy atom. The number of halogens is 1. The third kappa shape index (κ3) is 4.05. The molecule has 2 rings (SSSR count). The lowest BCUT2D eigenvalue weighted by molar-refractivity contribution is 0.0898. The van der Waals surface area contributed by atoms with Crippen LogP contribution in [0.5, 0.6) is 0 Å². The molecule has 0 fully saturated rings. The fourth-order valence-corrected chi connectivity index (χ4v) is 3.31. The van der Waals surface area contributed by atoms with Gasteiger partial charge in [-0.15, -0.1) is 0 Å². The molecule has 0 aliphatic rings. The Morgan fingerprint density at radius 1 is 1.29 bits per heavy atom. The minimum absolute atomic E-state index is 0.522. The highest BCUT2D eigenvalue weighted by Gasteiger charge is 2.15. The van der Waals surface area contributed by atoms with E-state index in [0.717, 1.165) is 24.1 Å². The van der Waals surface area contributed by atoms with Crippen molar-refractivity contribution in [3.8, 4) is 0 Å². The second kappa shape index (κ2) is 6.46. The van der Waals surface area contributed by atoms with E-state index >= 15 is 0 Å². The first kappa shape index (κ1) is 16.5. The van der Waals surface area contributed by atoms with Crippen LogP contribution >= 0.6 is 11.6 Å². The molecule has 0 saturated heterocycles. The topological polar surface area (TPSA) is 39.9 Å². The molecule has 21 heavy (non-hydrogen) atoms. The maximum Gasteiger partial charge on any atom is 0.147 e. The summed E-state index contributed by atoms with van der Waals surface area (Å²) in [6, 6.07) is 1.17. The zero-order valence-corrected chi connectivity index (χ0v) is 15.3. The highest BCUT2D eigenvalue weighted by Crippen LogP contribution is 2.26. The van der Waals surface area contributed by atoms with Crippen LogP contribution in [0.15, 0.2) is 6.20 Å². The van der Waals surface area contributed by atoms with Crippen molar-refractivity contribution >= 4 is 30.7 Å². The molecule has 0 aromatic carbocycles. The number of aromatic nitrogens is 3. The molecule has 0 atom stereocenters. The molecule has 0 aliphatic heterocycles. The van der Waals surface area contributed by atoms with E-state index in [1.165, 1.54) is 11.6 Å². The Morgan fingerprint density at radius 3 is 2.62 bits per heavy atom. The Labute approximate surface area is 132 Å². The lowest BCUT2D eigenvalue weighted by atomic mass is 10.2. The molecule has 0 N–H and O–H groups in total. The van der Waals surface area contributed by atoms with Gasteiger partial charge in [0.05, 0.1) is 5.39 Å². The van der Waals surface area contributed by atoms with E-state index in [4.69, 9.17) is 16.3 Å². The minimum Gasteiger partial charge on any atom is -0.361 e. The quantitative estimate of drug-likeness (QED) is 0.452. The fourth-order valence-electron chi connectivity index (χ4n) is 2.23. The maximum absolute atomic E-state index is 6.28. The van der Waals surface area contributed by atoms with Gasteiger partial charge in [-0.05, 0) is 25.0 Å². The van der Waals surface area contributed by atoms with E-state index in [9.17, 15) is 0 Å². The van der Waals surface area contributed by atoms with Gasteiger partial charge in [-0.1, -0.05) is 38.2 Å². The van der Waals surface area contributed by atoms with E-state index in [1.54, 1.807) is 0 Å². The monoisotopic (exact) mass is 325 g/mol. The molecule has 0 saturated carbocycles. The van der Waals surface area contributed by atoms with Crippen LogP contribution in [0.1, 0.15) is 18.3 Å². The van der Waals surface area contributed by atoms with Crippen molar-refractivity contribution in [3.05, 3.63) is 22.7 Å². The van der Waals surface area contributed by atoms with Crippen molar-refractivity contribution in [2.24, 2.45) is 0 Å². The average Bonchev–Trinajstić information content (AvgIpc) is 2.72. The van der Waals surface area contributed by atoms with Crippen molar-refractivity contribution in [3.63, 3.8) is 0 Å². The van der Waals surface area contributed by atoms with Gasteiger partial charge in [0.2, 0.25) is 0 Å². The van der Waals surface area contributed by atoms with Gasteiger partial charge in [0.25, 0.3) is 0 Å². The summed E-state index contributed by atoms with van der Waals surface area (Å²) < 4.78 is 7.88. The van der Waals surface area contributed by atoms with Crippen LogP contribution in [-0.2, 0) is 17.9 Å². The largest absolute Gasteiger partial charge is 0.361 e. The van der Waals surface area contributed by atoms with Gasteiger partial charge >= 0.3 is 0 Å². The van der Waals surface area contributed by atoms with Crippen LogP contribution in [0.2, 0.25) is 30.8 Å². The zero-order chi connectivity index (χ0) is 15.6. The number of rotatable bonds is 6. The second-order valence-corrected chi connectivity index (χ2v) is 12.6. The van der Waals surface area contributed by atoms with Gasteiger partial charge in [0.1, 0.15) is 23.4 Å². The van der Waals surface area contributed by atoms with E-state index in [2.05, 4.69) is 42.7 Å². The third-order valence-corrected chi connectivity index (χ3v) is 5.45. The molecule has 2 aromatic heterocycles. The molecule has 0 radical (unpaired) electrons. The molecule has 0 bridgehead atoms. The van der Waals surface area contributed by atoms with Gasteiger partial charge in [0, 0.05) is 20.9 Å². The smallest absolute Gasteiger partial charge is 0.147 e. The maximum atomic E-state index is 6.28. The summed E-state index contributed by atoms with van der Waals surface area (Å²) in [6.45, 7) is 12.4. The van der Waals surface area contributed by atoms with Crippen molar-refractivity contribution in [2.45, 2.75) is 52.7 Å². The summed E-state index contributed by atoms with van der Waals surface area (Å²) in [4.78, 5) is 8.79. The molecule has 0 spiro atoms. The number of hydrogen-bond acceptors (Lipinski definition) is 3. The molecule has 0 aliphatic carbocycles. The van der Waals surface area contributed by atoms with Gasteiger partial charge in [-0.2, -0.15) is 0 Å². The predicted molar refractivity (Wildman–Crippen MR) is 90.8 cm³/mol. The standard InChI is InChI=1S/C15H24ClN3OSi/c1-6-12-9-19(10-20-7-8-21(3,4)5)15-13(12)14(16)17-11(2)18-15/h9H,6-8,10H2,1-5H3. The average molecular weight is 326 g/mol. The van der Waals surface area contributed by atoms with E-state index in [0.29, 0.717) is 17.7 Å². The summed E-state index contributed by atoms with van der Waals surface area (Å²) in [6.07, 6.45) is 2.99. The van der Waals surface area contributed by atoms with Crippen LogP contribution in [-0.4, -0.2) is 29.2 Å². The summed E-state index contributed by atoms with van der Waals surface area (Å²) in [7, 11) is -1.05. The summed E-state index contributed by atoms with van der Waals surface area (Å²) in [5.74, 6) is 0.691. The van der Waals surface area contributed by atoms with E-state index in [1.807, 2.05) is 11.5 Å². The number of hydrogen-bond donors (Lipinski definition) is 0. The van der Waals surface area contributed by atoms with Crippen LogP contribution in [0.25, 0.3) is 11.0 Å². The molecule has 116 valence electrons. The normalized spacial score (nSPS) is 12.3. The van der Waals surface area contributed by atoms with Crippen molar-refractivity contribution in [1.29, 1.82) is 0 Å². The Hall–Kier alpha value is -0.913. The van der Waals surface area contributed by atoms with Crippen LogP contribution in [0, 0.1) is 6.92 Å². The van der Waals surface area contributed by atoms with Crippen LogP contribution in [0.3, 0.4) is 0 Å². The molecule has 2 heterocycles.